The smallest absolute Gasteiger partial charge is 0.275 e. The van der Waals surface area contributed by atoms with Gasteiger partial charge in [0.05, 0.1) is 17.6 Å². The van der Waals surface area contributed by atoms with E-state index in [-0.39, 0.29) is 5.91 Å². The molecule has 7 heteroatoms. The molecule has 0 aliphatic heterocycles. The van der Waals surface area contributed by atoms with Crippen LogP contribution in [0, 0.1) is 0 Å². The van der Waals surface area contributed by atoms with Gasteiger partial charge in [0.2, 0.25) is 0 Å². The molecule has 2 aromatic heterocycles. The summed E-state index contributed by atoms with van der Waals surface area (Å²) in [4.78, 5) is 21.8. The average Bonchev–Trinajstić information content (AvgIpc) is 2.76. The molecule has 0 fully saturated rings. The number of amides is 1. The van der Waals surface area contributed by atoms with Crippen LogP contribution in [0.5, 0.6) is 0 Å². The number of nitrogens with two attached hydrogens (primary N) is 1. The molecule has 18 heavy (non-hydrogen) atoms. The van der Waals surface area contributed by atoms with E-state index >= 15 is 0 Å². The van der Waals surface area contributed by atoms with Crippen LogP contribution in [-0.4, -0.2) is 30.0 Å². The van der Waals surface area contributed by atoms with Crippen LogP contribution in [0.2, 0.25) is 0 Å². The van der Waals surface area contributed by atoms with Crippen LogP contribution in [0.3, 0.4) is 0 Å². The molecule has 2 rings (SSSR count). The molecule has 0 spiro atoms. The molecular weight excluding hydrogens is 250 g/mol. The third-order valence-corrected chi connectivity index (χ3v) is 2.96. The largest absolute Gasteiger partial charge is 0.376 e. The summed E-state index contributed by atoms with van der Waals surface area (Å²) in [5, 5.41) is 4.76. The number of carbonyl (C=O) groups is 1. The van der Waals surface area contributed by atoms with E-state index in [4.69, 9.17) is 5.73 Å². The van der Waals surface area contributed by atoms with Gasteiger partial charge in [-0.15, -0.1) is 11.3 Å². The van der Waals surface area contributed by atoms with E-state index < -0.39 is 0 Å². The molecule has 0 unspecified atom stereocenters. The van der Waals surface area contributed by atoms with Crippen molar-refractivity contribution in [1.82, 2.24) is 9.97 Å². The normalized spacial score (nSPS) is 10.1. The number of aromatic nitrogens is 2. The van der Waals surface area contributed by atoms with Crippen LogP contribution in [0.1, 0.15) is 10.5 Å². The molecule has 6 nitrogen and oxygen atoms in total. The number of pyridine rings is 1. The summed E-state index contributed by atoms with van der Waals surface area (Å²) in [7, 11) is 3.79. The van der Waals surface area contributed by atoms with Crippen molar-refractivity contribution >= 4 is 33.8 Å². The monoisotopic (exact) mass is 263 g/mol. The van der Waals surface area contributed by atoms with Crippen molar-refractivity contribution in [2.24, 2.45) is 0 Å². The van der Waals surface area contributed by atoms with Gasteiger partial charge in [-0.05, 0) is 6.07 Å². The molecule has 0 atom stereocenters. The first-order valence-corrected chi connectivity index (χ1v) is 6.09. The first-order chi connectivity index (χ1) is 8.58. The molecule has 3 N–H and O–H groups in total. The van der Waals surface area contributed by atoms with Gasteiger partial charge in [-0.3, -0.25) is 9.78 Å². The number of carbonyl (C=O) groups excluding carboxylic acids is 1. The minimum atomic E-state index is -0.293. The van der Waals surface area contributed by atoms with Crippen LogP contribution >= 0.6 is 11.3 Å². The summed E-state index contributed by atoms with van der Waals surface area (Å²) in [6.45, 7) is 0. The molecule has 0 radical (unpaired) electrons. The highest BCUT2D eigenvalue weighted by atomic mass is 32.1. The molecule has 2 heterocycles. The van der Waals surface area contributed by atoms with Gasteiger partial charge in [0.25, 0.3) is 5.91 Å². The number of nitrogens with one attached hydrogen (secondary N) is 1. The van der Waals surface area contributed by atoms with Gasteiger partial charge < -0.3 is 16.0 Å². The molecule has 0 aliphatic rings. The lowest BCUT2D eigenvalue weighted by Crippen LogP contribution is -2.17. The quantitative estimate of drug-likeness (QED) is 0.875. The minimum absolute atomic E-state index is 0.293. The Morgan fingerprint density at radius 3 is 2.89 bits per heavy atom. The predicted molar refractivity (Wildman–Crippen MR) is 73.0 cm³/mol. The first-order valence-electron chi connectivity index (χ1n) is 5.21. The molecule has 0 saturated carbocycles. The number of rotatable bonds is 3. The maximum Gasteiger partial charge on any atom is 0.275 e. The lowest BCUT2D eigenvalue weighted by Gasteiger charge is -2.16. The van der Waals surface area contributed by atoms with E-state index in [0.29, 0.717) is 16.5 Å². The van der Waals surface area contributed by atoms with Crippen LogP contribution in [-0.2, 0) is 0 Å². The number of nitrogens with zero attached hydrogens (tertiary/aromatic N) is 3. The summed E-state index contributed by atoms with van der Waals surface area (Å²) in [5.41, 5.74) is 7.32. The lowest BCUT2D eigenvalue weighted by atomic mass is 10.3. The van der Waals surface area contributed by atoms with Gasteiger partial charge in [-0.2, -0.15) is 0 Å². The summed E-state index contributed by atoms with van der Waals surface area (Å²) in [6, 6.07) is 1.82. The van der Waals surface area contributed by atoms with Gasteiger partial charge in [0.1, 0.15) is 5.69 Å². The predicted octanol–water partition coefficient (Wildman–Crippen LogP) is 1.44. The van der Waals surface area contributed by atoms with Gasteiger partial charge >= 0.3 is 0 Å². The second-order valence-corrected chi connectivity index (χ2v) is 4.70. The number of thiazole rings is 1. The summed E-state index contributed by atoms with van der Waals surface area (Å²) in [5.74, 6) is -0.293. The van der Waals surface area contributed by atoms with Crippen LogP contribution < -0.4 is 16.0 Å². The zero-order valence-electron chi connectivity index (χ0n) is 10.0. The van der Waals surface area contributed by atoms with Crippen molar-refractivity contribution in [2.75, 3.05) is 30.0 Å². The van der Waals surface area contributed by atoms with Crippen molar-refractivity contribution < 1.29 is 4.79 Å². The fourth-order valence-corrected chi connectivity index (χ4v) is 1.99. The van der Waals surface area contributed by atoms with Gasteiger partial charge in [0.15, 0.2) is 5.13 Å². The second-order valence-electron chi connectivity index (χ2n) is 3.81. The van der Waals surface area contributed by atoms with E-state index in [2.05, 4.69) is 15.3 Å². The van der Waals surface area contributed by atoms with Crippen LogP contribution in [0.15, 0.2) is 23.8 Å². The topological polar surface area (TPSA) is 84.1 Å². The highest BCUT2D eigenvalue weighted by Gasteiger charge is 2.12. The Bertz CT molecular complexity index is 566. The molecular formula is C11H13N5OS. The van der Waals surface area contributed by atoms with Crippen LogP contribution in [0.4, 0.5) is 16.5 Å². The number of hydrogen-bond donors (Lipinski definition) is 2. The van der Waals surface area contributed by atoms with E-state index in [1.807, 2.05) is 25.1 Å². The molecule has 0 saturated heterocycles. The maximum atomic E-state index is 11.9. The number of nitrogen functional groups attached to an aromatic ring is 1. The summed E-state index contributed by atoms with van der Waals surface area (Å²) < 4.78 is 0. The Kier molecular flexibility index (Phi) is 3.42. The second kappa shape index (κ2) is 5.01. The molecule has 0 bridgehead atoms. The van der Waals surface area contributed by atoms with Crippen LogP contribution in [0.25, 0.3) is 0 Å². The Labute approximate surface area is 108 Å². The van der Waals surface area contributed by atoms with Crippen molar-refractivity contribution in [3.05, 3.63) is 29.5 Å². The van der Waals surface area contributed by atoms with Gasteiger partial charge in [-0.25, -0.2) is 4.98 Å². The zero-order valence-corrected chi connectivity index (χ0v) is 10.9. The van der Waals surface area contributed by atoms with E-state index in [1.54, 1.807) is 17.8 Å². The molecule has 1 amide bonds. The highest BCUT2D eigenvalue weighted by Crippen LogP contribution is 2.23. The standard InChI is InChI=1S/C11H13N5OS/c1-16(2)9-3-4-13-5-7(9)14-10(17)8-6-18-11(12)15-8/h3-6H,1-2H3,(H2,12,15)(H,14,17). The number of hydrogen-bond acceptors (Lipinski definition) is 6. The minimum Gasteiger partial charge on any atom is -0.376 e. The van der Waals surface area contributed by atoms with E-state index in [9.17, 15) is 4.79 Å². The maximum absolute atomic E-state index is 11.9. The first kappa shape index (κ1) is 12.3. The highest BCUT2D eigenvalue weighted by molar-refractivity contribution is 7.13. The average molecular weight is 263 g/mol. The SMILES string of the molecule is CN(C)c1ccncc1NC(=O)c1csc(N)n1. The zero-order chi connectivity index (χ0) is 13.1. The Morgan fingerprint density at radius 1 is 1.50 bits per heavy atom. The fraction of sp³-hybridized carbons (Fsp3) is 0.182. The Hall–Kier alpha value is -2.15. The Balaban J connectivity index is 2.22. The Morgan fingerprint density at radius 2 is 2.28 bits per heavy atom. The molecule has 0 aliphatic carbocycles. The fourth-order valence-electron chi connectivity index (χ4n) is 1.45. The van der Waals surface area contributed by atoms with E-state index in [1.165, 1.54) is 11.3 Å². The molecule has 0 aromatic carbocycles. The van der Waals surface area contributed by atoms with Crippen molar-refractivity contribution in [2.45, 2.75) is 0 Å². The third-order valence-electron chi connectivity index (χ3n) is 2.28. The number of anilines is 3. The third kappa shape index (κ3) is 2.57. The molecule has 94 valence electrons. The van der Waals surface area contributed by atoms with Crippen molar-refractivity contribution in [3.8, 4) is 0 Å². The van der Waals surface area contributed by atoms with Crippen molar-refractivity contribution in [1.29, 1.82) is 0 Å². The van der Waals surface area contributed by atoms with Gasteiger partial charge in [-0.1, -0.05) is 0 Å². The van der Waals surface area contributed by atoms with E-state index in [0.717, 1.165) is 5.69 Å². The van der Waals surface area contributed by atoms with Gasteiger partial charge in [0, 0.05) is 25.7 Å². The summed E-state index contributed by atoms with van der Waals surface area (Å²) >= 11 is 1.23. The lowest BCUT2D eigenvalue weighted by molar-refractivity contribution is 0.102. The van der Waals surface area contributed by atoms with Crippen molar-refractivity contribution in [3.63, 3.8) is 0 Å². The summed E-state index contributed by atoms with van der Waals surface area (Å²) in [6.07, 6.45) is 3.27. The molecule has 2 aromatic rings.